The highest BCUT2D eigenvalue weighted by Gasteiger charge is 2.22. The number of carbonyl (C=O) groups excluding carboxylic acids is 2. The van der Waals surface area contributed by atoms with Crippen LogP contribution in [-0.2, 0) is 21.3 Å². The number of anilines is 1. The third kappa shape index (κ3) is 9.54. The zero-order chi connectivity index (χ0) is 33.6. The Hall–Kier alpha value is -4.93. The maximum absolute atomic E-state index is 13.8. The number of allylic oxidation sites excluding steroid dienone is 1. The van der Waals surface area contributed by atoms with Crippen LogP contribution in [0.4, 0.5) is 5.69 Å². The first-order valence-corrected chi connectivity index (χ1v) is 16.9. The van der Waals surface area contributed by atoms with Gasteiger partial charge in [-0.1, -0.05) is 81.5 Å². The zero-order valence-corrected chi connectivity index (χ0v) is 27.3. The smallest absolute Gasteiger partial charge is 0.264 e. The number of ketones is 1. The van der Waals surface area contributed by atoms with Gasteiger partial charge >= 0.3 is 0 Å². The molecule has 2 aromatic heterocycles. The molecule has 0 aliphatic rings. The Morgan fingerprint density at radius 1 is 0.957 bits per heavy atom. The molecule has 9 nitrogen and oxygen atoms in total. The number of hydrogen-bond acceptors (Lipinski definition) is 7. The zero-order valence-electron chi connectivity index (χ0n) is 26.5. The molecule has 0 radical (unpaired) electrons. The van der Waals surface area contributed by atoms with Gasteiger partial charge < -0.3 is 9.73 Å². The molecule has 5 aromatic rings. The predicted molar refractivity (Wildman–Crippen MR) is 184 cm³/mol. The number of nitrogens with one attached hydrogen (secondary N) is 1. The molecule has 1 atom stereocenters. The molecule has 10 heteroatoms. The largest absolute Gasteiger partial charge is 0.418 e. The summed E-state index contributed by atoms with van der Waals surface area (Å²) in [6, 6.07) is 25.8. The molecule has 0 saturated carbocycles. The second-order valence-electron chi connectivity index (χ2n) is 12.5. The van der Waals surface area contributed by atoms with Gasteiger partial charge in [0.2, 0.25) is 17.5 Å². The highest BCUT2D eigenvalue weighted by atomic mass is 32.2. The summed E-state index contributed by atoms with van der Waals surface area (Å²) < 4.78 is 36.7. The lowest BCUT2D eigenvalue weighted by atomic mass is 9.89. The summed E-state index contributed by atoms with van der Waals surface area (Å²) >= 11 is 0. The average molecular weight is 652 g/mol. The van der Waals surface area contributed by atoms with E-state index in [0.29, 0.717) is 34.8 Å². The van der Waals surface area contributed by atoms with E-state index in [0.717, 1.165) is 22.3 Å². The van der Waals surface area contributed by atoms with Crippen molar-refractivity contribution in [2.75, 3.05) is 11.1 Å². The van der Waals surface area contributed by atoms with Crippen molar-refractivity contribution in [1.82, 2.24) is 9.97 Å². The molecule has 1 amide bonds. The Balaban J connectivity index is 1.33. The Bertz CT molecular complexity index is 1960. The molecule has 0 bridgehead atoms. The van der Waals surface area contributed by atoms with Gasteiger partial charge in [-0.15, -0.1) is 0 Å². The van der Waals surface area contributed by atoms with E-state index in [1.807, 2.05) is 42.5 Å². The number of amides is 1. The van der Waals surface area contributed by atoms with Crippen molar-refractivity contribution in [3.8, 4) is 11.5 Å². The van der Waals surface area contributed by atoms with Crippen molar-refractivity contribution in [2.45, 2.75) is 46.0 Å². The van der Waals surface area contributed by atoms with Crippen LogP contribution >= 0.6 is 0 Å². The normalized spacial score (nSPS) is 12.8. The van der Waals surface area contributed by atoms with Crippen LogP contribution in [0.2, 0.25) is 0 Å². The van der Waals surface area contributed by atoms with Gasteiger partial charge in [0.15, 0.2) is 5.78 Å². The van der Waals surface area contributed by atoms with E-state index in [2.05, 4.69) is 48.2 Å². The number of carbonyl (C=O) groups is 2. The molecule has 2 heterocycles. The van der Waals surface area contributed by atoms with E-state index in [-0.39, 0.29) is 29.9 Å². The number of oxazole rings is 1. The summed E-state index contributed by atoms with van der Waals surface area (Å²) in [5.41, 5.74) is 5.71. The first-order chi connectivity index (χ1) is 22.3. The number of pyridine rings is 1. The number of rotatable bonds is 12. The molecule has 2 N–H and O–H groups in total. The predicted octanol–water partition coefficient (Wildman–Crippen LogP) is 7.76. The molecule has 0 aliphatic heterocycles. The van der Waals surface area contributed by atoms with Gasteiger partial charge in [-0.25, -0.2) is 9.97 Å². The van der Waals surface area contributed by atoms with E-state index in [9.17, 15) is 18.0 Å². The van der Waals surface area contributed by atoms with Crippen LogP contribution in [0.15, 0.2) is 102 Å². The summed E-state index contributed by atoms with van der Waals surface area (Å²) in [6.45, 7) is 6.40. The lowest BCUT2D eigenvalue weighted by Gasteiger charge is -2.18. The number of benzene rings is 3. The fourth-order valence-electron chi connectivity index (χ4n) is 4.99. The monoisotopic (exact) mass is 651 g/mol. The SMILES string of the molecule is CC(C)(C)/C=C/c1ccc(C(Cc2ccc(C(=O)CCCS(=O)(=O)O)cc2)C(=O)Nc2ccc(-c3nc4cccnc4o3)cc2)cc1. The third-order valence-electron chi connectivity index (χ3n) is 7.52. The Morgan fingerprint density at radius 3 is 2.30 bits per heavy atom. The fourth-order valence-corrected chi connectivity index (χ4v) is 5.50. The van der Waals surface area contributed by atoms with Crippen LogP contribution in [0.3, 0.4) is 0 Å². The van der Waals surface area contributed by atoms with E-state index < -0.39 is 21.8 Å². The summed E-state index contributed by atoms with van der Waals surface area (Å²) in [6.07, 6.45) is 6.28. The van der Waals surface area contributed by atoms with Gasteiger partial charge in [0.25, 0.3) is 10.1 Å². The summed E-state index contributed by atoms with van der Waals surface area (Å²) in [5.74, 6) is -0.960. The molecule has 5 rings (SSSR count). The second-order valence-corrected chi connectivity index (χ2v) is 14.1. The van der Waals surface area contributed by atoms with Crippen molar-refractivity contribution in [3.05, 3.63) is 119 Å². The lowest BCUT2D eigenvalue weighted by molar-refractivity contribution is -0.117. The van der Waals surface area contributed by atoms with Gasteiger partial charge in [-0.05, 0) is 71.3 Å². The molecule has 0 fully saturated rings. The molecular weight excluding hydrogens is 614 g/mol. The summed E-state index contributed by atoms with van der Waals surface area (Å²) in [5, 5.41) is 3.05. The number of Topliss-reactive ketones (excluding diaryl/α,β-unsaturated/α-hetero) is 1. The molecule has 1 unspecified atom stereocenters. The Morgan fingerprint density at radius 2 is 1.66 bits per heavy atom. The van der Waals surface area contributed by atoms with Gasteiger partial charge in [-0.3, -0.25) is 14.1 Å². The van der Waals surface area contributed by atoms with Gasteiger partial charge in [-0.2, -0.15) is 8.42 Å². The lowest BCUT2D eigenvalue weighted by Crippen LogP contribution is -2.23. The number of hydrogen-bond donors (Lipinski definition) is 2. The molecule has 0 aliphatic carbocycles. The minimum atomic E-state index is -4.12. The van der Waals surface area contributed by atoms with Crippen LogP contribution in [-0.4, -0.2) is 40.4 Å². The first-order valence-electron chi connectivity index (χ1n) is 15.3. The first kappa shape index (κ1) is 33.4. The van der Waals surface area contributed by atoms with Crippen LogP contribution in [0.1, 0.15) is 66.6 Å². The minimum Gasteiger partial charge on any atom is -0.418 e. The van der Waals surface area contributed by atoms with Crippen LogP contribution in [0.25, 0.3) is 28.8 Å². The van der Waals surface area contributed by atoms with Crippen molar-refractivity contribution in [2.24, 2.45) is 5.41 Å². The molecule has 0 spiro atoms. The van der Waals surface area contributed by atoms with Crippen molar-refractivity contribution in [3.63, 3.8) is 0 Å². The van der Waals surface area contributed by atoms with Crippen molar-refractivity contribution >= 4 is 44.8 Å². The molecule has 242 valence electrons. The average Bonchev–Trinajstić information content (AvgIpc) is 3.47. The standard InChI is InChI=1S/C37H37N3O6S/c1-37(2,3)21-20-25-8-12-27(13-9-25)31(24-26-10-14-28(15-11-26)33(41)7-5-23-47(43,44)45)34(42)39-30-18-16-29(17-19-30)35-40-32-6-4-22-38-36(32)46-35/h4,6,8-22,31H,5,7,23-24H2,1-3H3,(H,39,42)(H,43,44,45)/b21-20+. The van der Waals surface area contributed by atoms with Crippen LogP contribution in [0, 0.1) is 5.41 Å². The maximum Gasteiger partial charge on any atom is 0.264 e. The van der Waals surface area contributed by atoms with Gasteiger partial charge in [0, 0.05) is 29.4 Å². The highest BCUT2D eigenvalue weighted by molar-refractivity contribution is 7.85. The molecular formula is C37H37N3O6S. The van der Waals surface area contributed by atoms with Crippen LogP contribution < -0.4 is 5.32 Å². The second kappa shape index (κ2) is 14.2. The minimum absolute atomic E-state index is 0.00224. The number of nitrogens with zero attached hydrogens (tertiary/aromatic N) is 2. The summed E-state index contributed by atoms with van der Waals surface area (Å²) in [4.78, 5) is 35.0. The maximum atomic E-state index is 13.8. The quantitative estimate of drug-likeness (QED) is 0.103. The molecule has 0 saturated heterocycles. The Kier molecular flexibility index (Phi) is 10.1. The topological polar surface area (TPSA) is 139 Å². The number of fused-ring (bicyclic) bond motifs is 1. The van der Waals surface area contributed by atoms with E-state index in [1.54, 1.807) is 48.7 Å². The van der Waals surface area contributed by atoms with Crippen LogP contribution in [0.5, 0.6) is 0 Å². The summed E-state index contributed by atoms with van der Waals surface area (Å²) in [7, 11) is -4.12. The van der Waals surface area contributed by atoms with Gasteiger partial charge in [0.1, 0.15) is 5.52 Å². The van der Waals surface area contributed by atoms with E-state index >= 15 is 0 Å². The molecule has 47 heavy (non-hydrogen) atoms. The van der Waals surface area contributed by atoms with Crippen molar-refractivity contribution < 1.29 is 27.0 Å². The van der Waals surface area contributed by atoms with Gasteiger partial charge in [0.05, 0.1) is 11.7 Å². The van der Waals surface area contributed by atoms with Crippen molar-refractivity contribution in [1.29, 1.82) is 0 Å². The highest BCUT2D eigenvalue weighted by Crippen LogP contribution is 2.28. The molecule has 3 aromatic carbocycles. The number of aromatic nitrogens is 2. The third-order valence-corrected chi connectivity index (χ3v) is 8.32. The van der Waals surface area contributed by atoms with E-state index in [4.69, 9.17) is 8.97 Å². The van der Waals surface area contributed by atoms with E-state index in [1.165, 1.54) is 0 Å². The fraction of sp³-hybridized carbons (Fsp3) is 0.243. The Labute approximate surface area is 274 Å².